The van der Waals surface area contributed by atoms with Crippen molar-refractivity contribution in [1.29, 1.82) is 0 Å². The van der Waals surface area contributed by atoms with Crippen LogP contribution in [0.5, 0.6) is 0 Å². The number of carbonyl (C=O) groups excluding carboxylic acids is 2. The van der Waals surface area contributed by atoms with Crippen molar-refractivity contribution in [2.45, 2.75) is 51.0 Å². The number of nitrogens with one attached hydrogen (secondary N) is 1. The highest BCUT2D eigenvalue weighted by atomic mass is 16.5. The fourth-order valence-corrected chi connectivity index (χ4v) is 5.14. The Bertz CT molecular complexity index is 1010. The van der Waals surface area contributed by atoms with E-state index in [1.54, 1.807) is 4.90 Å². The smallest absolute Gasteiger partial charge is 0.407 e. The van der Waals surface area contributed by atoms with Crippen LogP contribution in [0, 0.1) is 5.92 Å². The molecule has 7 heteroatoms. The Morgan fingerprint density at radius 1 is 1.09 bits per heavy atom. The Balaban J connectivity index is 1.35. The number of carboxylic acids is 1. The number of rotatable bonds is 9. The first kappa shape index (κ1) is 23.8. The zero-order chi connectivity index (χ0) is 24.1. The number of aliphatic carboxylic acids is 1. The zero-order valence-electron chi connectivity index (χ0n) is 19.5. The minimum Gasteiger partial charge on any atom is -0.481 e. The van der Waals surface area contributed by atoms with Gasteiger partial charge in [0.05, 0.1) is 0 Å². The first-order valence-corrected chi connectivity index (χ1v) is 12.1. The van der Waals surface area contributed by atoms with E-state index >= 15 is 0 Å². The fraction of sp³-hybridized carbons (Fsp3) is 0.444. The molecule has 1 saturated heterocycles. The topological polar surface area (TPSA) is 95.9 Å². The molecule has 2 N–H and O–H groups in total. The van der Waals surface area contributed by atoms with Gasteiger partial charge in [-0.15, -0.1) is 0 Å². The van der Waals surface area contributed by atoms with Crippen LogP contribution >= 0.6 is 0 Å². The number of hydrogen-bond acceptors (Lipinski definition) is 4. The number of benzene rings is 2. The van der Waals surface area contributed by atoms with Gasteiger partial charge < -0.3 is 20.1 Å². The molecule has 34 heavy (non-hydrogen) atoms. The molecule has 0 spiro atoms. The second-order valence-corrected chi connectivity index (χ2v) is 9.18. The molecule has 2 unspecified atom stereocenters. The monoisotopic (exact) mass is 464 g/mol. The van der Waals surface area contributed by atoms with Gasteiger partial charge in [0.1, 0.15) is 12.6 Å². The highest BCUT2D eigenvalue weighted by molar-refractivity contribution is 5.86. The molecule has 1 aliphatic heterocycles. The quantitative estimate of drug-likeness (QED) is 0.573. The van der Waals surface area contributed by atoms with Crippen LogP contribution in [0.25, 0.3) is 11.1 Å². The molecule has 1 heterocycles. The molecule has 2 aromatic carbocycles. The van der Waals surface area contributed by atoms with Gasteiger partial charge in [-0.3, -0.25) is 9.59 Å². The number of hydrogen-bond donors (Lipinski definition) is 2. The minimum absolute atomic E-state index is 0.0351. The summed E-state index contributed by atoms with van der Waals surface area (Å²) in [7, 11) is 0. The van der Waals surface area contributed by atoms with E-state index in [0.29, 0.717) is 25.9 Å². The Labute approximate surface area is 200 Å². The Morgan fingerprint density at radius 3 is 2.35 bits per heavy atom. The number of ether oxygens (including phenoxy) is 1. The van der Waals surface area contributed by atoms with E-state index in [-0.39, 0.29) is 30.8 Å². The van der Waals surface area contributed by atoms with Crippen molar-refractivity contribution in [1.82, 2.24) is 10.2 Å². The first-order valence-electron chi connectivity index (χ1n) is 12.1. The molecule has 2 atom stereocenters. The summed E-state index contributed by atoms with van der Waals surface area (Å²) in [6.45, 7) is 3.31. The van der Waals surface area contributed by atoms with Crippen LogP contribution in [0.1, 0.15) is 56.1 Å². The summed E-state index contributed by atoms with van der Waals surface area (Å²) in [5.41, 5.74) is 4.61. The van der Waals surface area contributed by atoms with E-state index in [4.69, 9.17) is 9.84 Å². The van der Waals surface area contributed by atoms with Gasteiger partial charge in [0.2, 0.25) is 5.91 Å². The SMILES string of the molecule is CCCC(NC(=O)OCC1c2ccccc2-c2ccccc21)C(=O)N1CCC(CCC(=O)O)C1. The van der Waals surface area contributed by atoms with E-state index < -0.39 is 18.1 Å². The standard InChI is InChI=1S/C27H32N2O5/c1-2-7-24(26(32)29-15-14-18(16-29)12-13-25(30)31)28-27(33)34-17-23-21-10-5-3-8-19(21)20-9-4-6-11-22(20)23/h3-6,8-11,18,23-24H,2,7,12-17H2,1H3,(H,28,33)(H,30,31). The van der Waals surface area contributed by atoms with Gasteiger partial charge in [-0.1, -0.05) is 61.9 Å². The average Bonchev–Trinajstić information content (AvgIpc) is 3.44. The van der Waals surface area contributed by atoms with Crippen LogP contribution in [-0.2, 0) is 14.3 Å². The largest absolute Gasteiger partial charge is 0.481 e. The van der Waals surface area contributed by atoms with Crippen molar-refractivity contribution in [2.75, 3.05) is 19.7 Å². The zero-order valence-corrected chi connectivity index (χ0v) is 19.5. The average molecular weight is 465 g/mol. The maximum absolute atomic E-state index is 13.1. The summed E-state index contributed by atoms with van der Waals surface area (Å²) in [4.78, 5) is 38.4. The van der Waals surface area contributed by atoms with Crippen LogP contribution in [-0.4, -0.2) is 53.7 Å². The molecule has 2 amide bonds. The summed E-state index contributed by atoms with van der Waals surface area (Å²) in [5.74, 6) is -0.775. The number of nitrogens with zero attached hydrogens (tertiary/aromatic N) is 1. The number of carboxylic acid groups (broad SMARTS) is 1. The lowest BCUT2D eigenvalue weighted by Gasteiger charge is -2.24. The summed E-state index contributed by atoms with van der Waals surface area (Å²) in [5, 5.41) is 11.7. The van der Waals surface area contributed by atoms with Crippen molar-refractivity contribution in [3.63, 3.8) is 0 Å². The van der Waals surface area contributed by atoms with Crippen LogP contribution in [0.4, 0.5) is 4.79 Å². The molecule has 0 saturated carbocycles. The Kier molecular flexibility index (Phi) is 7.50. The second-order valence-electron chi connectivity index (χ2n) is 9.18. The van der Waals surface area contributed by atoms with Gasteiger partial charge in [0, 0.05) is 25.4 Å². The number of likely N-dealkylation sites (tertiary alicyclic amines) is 1. The number of fused-ring (bicyclic) bond motifs is 3. The summed E-state index contributed by atoms with van der Waals surface area (Å²) < 4.78 is 5.63. The third kappa shape index (κ3) is 5.24. The molecule has 0 bridgehead atoms. The van der Waals surface area contributed by atoms with Crippen LogP contribution in [0.15, 0.2) is 48.5 Å². The van der Waals surface area contributed by atoms with Crippen molar-refractivity contribution in [3.8, 4) is 11.1 Å². The fourth-order valence-electron chi connectivity index (χ4n) is 5.14. The maximum Gasteiger partial charge on any atom is 0.407 e. The van der Waals surface area contributed by atoms with Gasteiger partial charge in [0.15, 0.2) is 0 Å². The normalized spacial score (nSPS) is 17.7. The molecule has 180 valence electrons. The second kappa shape index (κ2) is 10.7. The van der Waals surface area contributed by atoms with Crippen LogP contribution < -0.4 is 5.32 Å². The van der Waals surface area contributed by atoms with Crippen molar-refractivity contribution in [2.24, 2.45) is 5.92 Å². The summed E-state index contributed by atoms with van der Waals surface area (Å²) in [6.07, 6.45) is 2.16. The lowest BCUT2D eigenvalue weighted by molar-refractivity contribution is -0.137. The molecule has 0 aromatic heterocycles. The van der Waals surface area contributed by atoms with E-state index in [2.05, 4.69) is 29.6 Å². The summed E-state index contributed by atoms with van der Waals surface area (Å²) >= 11 is 0. The molecule has 2 aromatic rings. The highest BCUT2D eigenvalue weighted by Crippen LogP contribution is 2.44. The molecule has 0 radical (unpaired) electrons. The van der Waals surface area contributed by atoms with Gasteiger partial charge in [-0.25, -0.2) is 4.79 Å². The first-order chi connectivity index (χ1) is 16.5. The third-order valence-corrected chi connectivity index (χ3v) is 6.88. The molecule has 4 rings (SSSR count). The molecule has 1 aliphatic carbocycles. The van der Waals surface area contributed by atoms with Gasteiger partial charge >= 0.3 is 12.1 Å². The predicted molar refractivity (Wildman–Crippen MR) is 128 cm³/mol. The third-order valence-electron chi connectivity index (χ3n) is 6.88. The number of alkyl carbamates (subject to hydrolysis) is 1. The molecule has 1 fully saturated rings. The summed E-state index contributed by atoms with van der Waals surface area (Å²) in [6, 6.07) is 15.7. The maximum atomic E-state index is 13.1. The molecular formula is C27H32N2O5. The van der Waals surface area contributed by atoms with E-state index in [9.17, 15) is 14.4 Å². The lowest BCUT2D eigenvalue weighted by atomic mass is 9.98. The Hall–Kier alpha value is -3.35. The predicted octanol–water partition coefficient (Wildman–Crippen LogP) is 4.41. The Morgan fingerprint density at radius 2 is 1.74 bits per heavy atom. The van der Waals surface area contributed by atoms with Gasteiger partial charge in [-0.05, 0) is 47.4 Å². The minimum atomic E-state index is -0.814. The van der Waals surface area contributed by atoms with Gasteiger partial charge in [0.25, 0.3) is 0 Å². The van der Waals surface area contributed by atoms with E-state index in [1.165, 1.54) is 0 Å². The highest BCUT2D eigenvalue weighted by Gasteiger charge is 2.33. The lowest BCUT2D eigenvalue weighted by Crippen LogP contribution is -2.48. The van der Waals surface area contributed by atoms with E-state index in [1.807, 2.05) is 31.2 Å². The van der Waals surface area contributed by atoms with Crippen LogP contribution in [0.2, 0.25) is 0 Å². The van der Waals surface area contributed by atoms with Crippen molar-refractivity contribution >= 4 is 18.0 Å². The van der Waals surface area contributed by atoms with Gasteiger partial charge in [-0.2, -0.15) is 0 Å². The molecular weight excluding hydrogens is 432 g/mol. The van der Waals surface area contributed by atoms with Crippen LogP contribution in [0.3, 0.4) is 0 Å². The van der Waals surface area contributed by atoms with E-state index in [0.717, 1.165) is 35.1 Å². The molecule has 7 nitrogen and oxygen atoms in total. The number of carbonyl (C=O) groups is 3. The molecule has 2 aliphatic rings. The van der Waals surface area contributed by atoms with Crippen molar-refractivity contribution < 1.29 is 24.2 Å². The van der Waals surface area contributed by atoms with Crippen molar-refractivity contribution in [3.05, 3.63) is 59.7 Å². The number of amides is 2.